The molecule has 110 valence electrons. The van der Waals surface area contributed by atoms with E-state index >= 15 is 0 Å². The maximum atomic E-state index is 12.0. The number of amides is 1. The molecule has 1 N–H and O–H groups in total. The predicted molar refractivity (Wildman–Crippen MR) is 87.3 cm³/mol. The fourth-order valence-electron chi connectivity index (χ4n) is 1.67. The van der Waals surface area contributed by atoms with E-state index in [1.54, 1.807) is 18.3 Å². The van der Waals surface area contributed by atoms with E-state index in [-0.39, 0.29) is 17.6 Å². The van der Waals surface area contributed by atoms with Crippen LogP contribution in [0.2, 0.25) is 0 Å². The third-order valence-electron chi connectivity index (χ3n) is 3.39. The minimum atomic E-state index is -0.828. The quantitative estimate of drug-likeness (QED) is 0.857. The number of fused-ring (bicyclic) bond motifs is 1. The molecule has 0 bridgehead atoms. The topological polar surface area (TPSA) is 65.8 Å². The summed E-state index contributed by atoms with van der Waals surface area (Å²) < 4.78 is 1.99. The molecule has 1 atom stereocenters. The second-order valence-corrected chi connectivity index (χ2v) is 7.51. The van der Waals surface area contributed by atoms with Gasteiger partial charge in [0, 0.05) is 0 Å². The zero-order valence-electron chi connectivity index (χ0n) is 12.2. The second-order valence-electron chi connectivity index (χ2n) is 5.25. The van der Waals surface area contributed by atoms with Crippen molar-refractivity contribution in [3.63, 3.8) is 0 Å². The largest absolute Gasteiger partial charge is 0.337 e. The standard InChI is InChI=1S/C15H17N3OS2/c1-10(2)15(3,9-16)18-13(19)8-20-14-17-11-6-4-5-7-12(11)21-14/h4-7,10H,8H2,1-3H3,(H,18,19). The number of nitrogens with zero attached hydrogens (tertiary/aromatic N) is 2. The van der Waals surface area contributed by atoms with Crippen LogP contribution < -0.4 is 5.32 Å². The summed E-state index contributed by atoms with van der Waals surface area (Å²) in [6.45, 7) is 5.59. The van der Waals surface area contributed by atoms with Gasteiger partial charge >= 0.3 is 0 Å². The zero-order chi connectivity index (χ0) is 15.5. The normalized spacial score (nSPS) is 13.9. The molecule has 0 aliphatic rings. The molecule has 6 heteroatoms. The van der Waals surface area contributed by atoms with Gasteiger partial charge in [-0.2, -0.15) is 5.26 Å². The van der Waals surface area contributed by atoms with E-state index in [0.717, 1.165) is 14.6 Å². The molecule has 0 spiro atoms. The highest BCUT2D eigenvalue weighted by Gasteiger charge is 2.29. The zero-order valence-corrected chi connectivity index (χ0v) is 13.8. The summed E-state index contributed by atoms with van der Waals surface area (Å²) in [6, 6.07) is 10.1. The van der Waals surface area contributed by atoms with E-state index in [9.17, 15) is 10.1 Å². The van der Waals surface area contributed by atoms with Gasteiger partial charge in [-0.15, -0.1) is 11.3 Å². The SMILES string of the molecule is CC(C)C(C)(C#N)NC(=O)CSc1nc2ccccc2s1. The number of carbonyl (C=O) groups is 1. The van der Waals surface area contributed by atoms with Crippen molar-refractivity contribution >= 4 is 39.2 Å². The van der Waals surface area contributed by atoms with Gasteiger partial charge in [0.2, 0.25) is 5.91 Å². The first-order valence-electron chi connectivity index (χ1n) is 6.65. The lowest BCUT2D eigenvalue weighted by Gasteiger charge is -2.27. The number of nitriles is 1. The minimum absolute atomic E-state index is 0.0545. The lowest BCUT2D eigenvalue weighted by Crippen LogP contribution is -2.49. The lowest BCUT2D eigenvalue weighted by molar-refractivity contribution is -0.120. The van der Waals surface area contributed by atoms with Crippen LogP contribution in [0.15, 0.2) is 28.6 Å². The van der Waals surface area contributed by atoms with E-state index in [4.69, 9.17) is 0 Å². The van der Waals surface area contributed by atoms with E-state index in [2.05, 4.69) is 16.4 Å². The number of rotatable bonds is 5. The minimum Gasteiger partial charge on any atom is -0.337 e. The maximum absolute atomic E-state index is 12.0. The lowest BCUT2D eigenvalue weighted by atomic mass is 9.90. The molecule has 1 heterocycles. The predicted octanol–water partition coefficient (Wildman–Crippen LogP) is 3.44. The molecule has 4 nitrogen and oxygen atoms in total. The summed E-state index contributed by atoms with van der Waals surface area (Å²) >= 11 is 2.98. The van der Waals surface area contributed by atoms with Crippen molar-refractivity contribution in [3.05, 3.63) is 24.3 Å². The van der Waals surface area contributed by atoms with Crippen LogP contribution in [0.3, 0.4) is 0 Å². The van der Waals surface area contributed by atoms with Crippen molar-refractivity contribution in [3.8, 4) is 6.07 Å². The average molecular weight is 319 g/mol. The van der Waals surface area contributed by atoms with Crippen molar-refractivity contribution < 1.29 is 4.79 Å². The number of thioether (sulfide) groups is 1. The Morgan fingerprint density at radius 1 is 1.52 bits per heavy atom. The first-order valence-corrected chi connectivity index (χ1v) is 8.45. The highest BCUT2D eigenvalue weighted by atomic mass is 32.2. The molecular weight excluding hydrogens is 302 g/mol. The Morgan fingerprint density at radius 2 is 2.24 bits per heavy atom. The molecule has 0 fully saturated rings. The van der Waals surface area contributed by atoms with E-state index in [1.165, 1.54) is 11.8 Å². The Hall–Kier alpha value is -1.58. The number of benzene rings is 1. The Balaban J connectivity index is 1.96. The highest BCUT2D eigenvalue weighted by molar-refractivity contribution is 8.01. The number of hydrogen-bond acceptors (Lipinski definition) is 5. The third kappa shape index (κ3) is 3.74. The molecule has 0 saturated heterocycles. The Labute approximate surface area is 132 Å². The van der Waals surface area contributed by atoms with E-state index < -0.39 is 5.54 Å². The molecule has 1 amide bonds. The molecule has 0 radical (unpaired) electrons. The Kier molecular flexibility index (Phi) is 4.86. The van der Waals surface area contributed by atoms with Crippen molar-refractivity contribution in [2.24, 2.45) is 5.92 Å². The number of carbonyl (C=O) groups excluding carboxylic acids is 1. The number of thiazole rings is 1. The Bertz CT molecular complexity index is 657. The summed E-state index contributed by atoms with van der Waals surface area (Å²) in [6.07, 6.45) is 0. The smallest absolute Gasteiger partial charge is 0.231 e. The summed E-state index contributed by atoms with van der Waals surface area (Å²) in [7, 11) is 0. The molecular formula is C15H17N3OS2. The second kappa shape index (κ2) is 6.46. The van der Waals surface area contributed by atoms with Crippen LogP contribution in [0.4, 0.5) is 0 Å². The van der Waals surface area contributed by atoms with Gasteiger partial charge in [-0.25, -0.2) is 4.98 Å². The van der Waals surface area contributed by atoms with E-state index in [0.29, 0.717) is 0 Å². The molecule has 2 rings (SSSR count). The first-order chi connectivity index (χ1) is 9.94. The fourth-order valence-corrected chi connectivity index (χ4v) is 3.54. The van der Waals surface area contributed by atoms with Gasteiger partial charge < -0.3 is 5.32 Å². The van der Waals surface area contributed by atoms with Crippen LogP contribution >= 0.6 is 23.1 Å². The van der Waals surface area contributed by atoms with E-state index in [1.807, 2.05) is 38.1 Å². The molecule has 0 aliphatic heterocycles. The summed E-state index contributed by atoms with van der Waals surface area (Å²) in [4.78, 5) is 16.5. The molecule has 1 aromatic heterocycles. The van der Waals surface area contributed by atoms with Gasteiger partial charge in [0.05, 0.1) is 22.0 Å². The van der Waals surface area contributed by atoms with Crippen LogP contribution in [0.25, 0.3) is 10.2 Å². The Morgan fingerprint density at radius 3 is 2.86 bits per heavy atom. The van der Waals surface area contributed by atoms with Crippen LogP contribution in [0.1, 0.15) is 20.8 Å². The van der Waals surface area contributed by atoms with Gasteiger partial charge in [-0.3, -0.25) is 4.79 Å². The van der Waals surface area contributed by atoms with Crippen molar-refractivity contribution in [1.82, 2.24) is 10.3 Å². The van der Waals surface area contributed by atoms with Gasteiger partial charge in [0.25, 0.3) is 0 Å². The van der Waals surface area contributed by atoms with Crippen LogP contribution in [-0.2, 0) is 4.79 Å². The average Bonchev–Trinajstić information content (AvgIpc) is 2.87. The maximum Gasteiger partial charge on any atom is 0.231 e. The monoisotopic (exact) mass is 319 g/mol. The molecule has 0 saturated carbocycles. The molecule has 2 aromatic rings. The summed E-state index contributed by atoms with van der Waals surface area (Å²) in [5.74, 6) is 0.181. The van der Waals surface area contributed by atoms with Gasteiger partial charge in [-0.1, -0.05) is 37.7 Å². The number of nitrogens with one attached hydrogen (secondary N) is 1. The van der Waals surface area contributed by atoms with Crippen molar-refractivity contribution in [1.29, 1.82) is 5.26 Å². The molecule has 1 unspecified atom stereocenters. The summed E-state index contributed by atoms with van der Waals surface area (Å²) in [5.41, 5.74) is 0.125. The fraction of sp³-hybridized carbons (Fsp3) is 0.400. The van der Waals surface area contributed by atoms with Gasteiger partial charge in [-0.05, 0) is 25.0 Å². The molecule has 1 aromatic carbocycles. The molecule has 0 aliphatic carbocycles. The van der Waals surface area contributed by atoms with Crippen molar-refractivity contribution in [2.45, 2.75) is 30.6 Å². The van der Waals surface area contributed by atoms with Crippen LogP contribution in [-0.4, -0.2) is 22.2 Å². The number of para-hydroxylation sites is 1. The summed E-state index contributed by atoms with van der Waals surface area (Å²) in [5, 5.41) is 12.0. The van der Waals surface area contributed by atoms with Gasteiger partial charge in [0.15, 0.2) is 4.34 Å². The van der Waals surface area contributed by atoms with Gasteiger partial charge in [0.1, 0.15) is 5.54 Å². The molecule has 21 heavy (non-hydrogen) atoms. The highest BCUT2D eigenvalue weighted by Crippen LogP contribution is 2.29. The van der Waals surface area contributed by atoms with Crippen LogP contribution in [0.5, 0.6) is 0 Å². The van der Waals surface area contributed by atoms with Crippen molar-refractivity contribution in [2.75, 3.05) is 5.75 Å². The number of aromatic nitrogens is 1. The third-order valence-corrected chi connectivity index (χ3v) is 5.57. The first kappa shape index (κ1) is 15.8. The number of hydrogen-bond donors (Lipinski definition) is 1. The van der Waals surface area contributed by atoms with Crippen LogP contribution in [0, 0.1) is 17.2 Å².